The third-order valence-electron chi connectivity index (χ3n) is 6.12. The maximum atomic E-state index is 13.0. The van der Waals surface area contributed by atoms with Crippen molar-refractivity contribution in [2.75, 3.05) is 26.2 Å². The zero-order valence-electron chi connectivity index (χ0n) is 16.7. The van der Waals surface area contributed by atoms with Gasteiger partial charge in [-0.25, -0.2) is 4.79 Å². The predicted molar refractivity (Wildman–Crippen MR) is 119 cm³/mol. The maximum Gasteiger partial charge on any atom is 0.410 e. The molecule has 2 saturated heterocycles. The average molecular weight is 458 g/mol. The number of H-pyrrole nitrogens is 1. The minimum atomic E-state index is -0.346. The Kier molecular flexibility index (Phi) is 5.28. The highest BCUT2D eigenvalue weighted by Gasteiger charge is 2.43. The fourth-order valence-corrected chi connectivity index (χ4v) is 5.18. The molecule has 2 atom stereocenters. The number of rotatable bonds is 3. The molecule has 31 heavy (non-hydrogen) atoms. The molecule has 0 spiro atoms. The van der Waals surface area contributed by atoms with Gasteiger partial charge in [0.1, 0.15) is 6.61 Å². The minimum Gasteiger partial charge on any atom is -0.445 e. The van der Waals surface area contributed by atoms with Crippen LogP contribution >= 0.6 is 23.2 Å². The second-order valence-corrected chi connectivity index (χ2v) is 9.12. The van der Waals surface area contributed by atoms with Crippen LogP contribution in [0.3, 0.4) is 0 Å². The summed E-state index contributed by atoms with van der Waals surface area (Å²) in [5.74, 6) is 0.589. The van der Waals surface area contributed by atoms with E-state index < -0.39 is 0 Å². The lowest BCUT2D eigenvalue weighted by atomic mass is 10.0. The van der Waals surface area contributed by atoms with Crippen molar-refractivity contribution in [1.29, 1.82) is 0 Å². The van der Waals surface area contributed by atoms with Gasteiger partial charge in [0, 0.05) is 70.7 Å². The van der Waals surface area contributed by atoms with Gasteiger partial charge in [0.25, 0.3) is 5.91 Å². The summed E-state index contributed by atoms with van der Waals surface area (Å²) in [5.41, 5.74) is 2.47. The molecule has 6 nitrogen and oxygen atoms in total. The Bertz CT molecular complexity index is 1130. The number of ether oxygens (including phenoxy) is 1. The van der Waals surface area contributed by atoms with E-state index in [0.717, 1.165) is 16.5 Å². The molecular weight excluding hydrogens is 437 g/mol. The molecule has 1 N–H and O–H groups in total. The van der Waals surface area contributed by atoms with Gasteiger partial charge < -0.3 is 19.5 Å². The molecule has 2 amide bonds. The van der Waals surface area contributed by atoms with Crippen molar-refractivity contribution in [3.05, 3.63) is 69.8 Å². The molecule has 0 saturated carbocycles. The smallest absolute Gasteiger partial charge is 0.410 e. The normalized spacial score (nSPS) is 20.3. The highest BCUT2D eigenvalue weighted by molar-refractivity contribution is 6.34. The number of aromatic nitrogens is 1. The van der Waals surface area contributed by atoms with Gasteiger partial charge in [0.15, 0.2) is 0 Å². The quantitative estimate of drug-likeness (QED) is 0.613. The van der Waals surface area contributed by atoms with Crippen LogP contribution in [-0.2, 0) is 11.3 Å². The number of carbonyl (C=O) groups excluding carboxylic acids is 2. The number of fused-ring (bicyclic) bond motifs is 2. The van der Waals surface area contributed by atoms with Crippen LogP contribution in [0.25, 0.3) is 10.9 Å². The van der Waals surface area contributed by atoms with Gasteiger partial charge in [-0.3, -0.25) is 4.79 Å². The van der Waals surface area contributed by atoms with Gasteiger partial charge in [0.05, 0.1) is 0 Å². The molecule has 3 heterocycles. The van der Waals surface area contributed by atoms with Gasteiger partial charge in [0.2, 0.25) is 0 Å². The Morgan fingerprint density at radius 3 is 2.32 bits per heavy atom. The number of nitrogens with zero attached hydrogens (tertiary/aromatic N) is 2. The molecule has 160 valence electrons. The Balaban J connectivity index is 1.16. The summed E-state index contributed by atoms with van der Waals surface area (Å²) in [6.07, 6.45) is 1.52. The van der Waals surface area contributed by atoms with Gasteiger partial charge in [-0.15, -0.1) is 0 Å². The van der Waals surface area contributed by atoms with Crippen LogP contribution in [-0.4, -0.2) is 53.0 Å². The number of hydrogen-bond acceptors (Lipinski definition) is 3. The first-order chi connectivity index (χ1) is 15.0. The second-order valence-electron chi connectivity index (χ2n) is 8.25. The molecule has 2 aliphatic heterocycles. The monoisotopic (exact) mass is 457 g/mol. The second kappa shape index (κ2) is 8.09. The molecule has 0 bridgehead atoms. The van der Waals surface area contributed by atoms with E-state index in [2.05, 4.69) is 4.98 Å². The molecule has 8 heteroatoms. The highest BCUT2D eigenvalue weighted by Crippen LogP contribution is 2.32. The number of nitrogens with one attached hydrogen (secondary N) is 1. The first kappa shape index (κ1) is 20.2. The first-order valence-electron chi connectivity index (χ1n) is 10.2. The summed E-state index contributed by atoms with van der Waals surface area (Å²) in [6.45, 7) is 2.63. The number of amides is 2. The number of carbonyl (C=O) groups is 2. The van der Waals surface area contributed by atoms with Crippen LogP contribution in [0.5, 0.6) is 0 Å². The third-order valence-corrected chi connectivity index (χ3v) is 6.55. The summed E-state index contributed by atoms with van der Waals surface area (Å²) < 4.78 is 5.45. The van der Waals surface area contributed by atoms with Crippen LogP contribution in [0.4, 0.5) is 4.79 Å². The molecule has 2 aliphatic rings. The van der Waals surface area contributed by atoms with Crippen LogP contribution in [0, 0.1) is 11.8 Å². The van der Waals surface area contributed by atoms with Crippen molar-refractivity contribution < 1.29 is 14.3 Å². The van der Waals surface area contributed by atoms with E-state index in [1.807, 2.05) is 35.4 Å². The topological polar surface area (TPSA) is 65.6 Å². The lowest BCUT2D eigenvalue weighted by molar-refractivity contribution is 0.0764. The van der Waals surface area contributed by atoms with Crippen molar-refractivity contribution >= 4 is 46.1 Å². The molecule has 2 unspecified atom stereocenters. The highest BCUT2D eigenvalue weighted by atomic mass is 35.5. The molecule has 2 aromatic carbocycles. The summed E-state index contributed by atoms with van der Waals surface area (Å²) in [4.78, 5) is 32.2. The Morgan fingerprint density at radius 1 is 0.935 bits per heavy atom. The van der Waals surface area contributed by atoms with E-state index in [4.69, 9.17) is 27.9 Å². The molecule has 1 aromatic heterocycles. The van der Waals surface area contributed by atoms with E-state index in [1.165, 1.54) is 0 Å². The van der Waals surface area contributed by atoms with Gasteiger partial charge in [-0.1, -0.05) is 23.2 Å². The average Bonchev–Trinajstić information content (AvgIpc) is 3.44. The van der Waals surface area contributed by atoms with Gasteiger partial charge in [-0.05, 0) is 48.0 Å². The van der Waals surface area contributed by atoms with Crippen molar-refractivity contribution in [2.45, 2.75) is 6.61 Å². The summed E-state index contributed by atoms with van der Waals surface area (Å²) in [7, 11) is 0. The SMILES string of the molecule is O=C(OCc1cc(Cl)cc(Cl)c1)N1CC2CN(C(=O)c3ccc4[nH]ccc4c3)CC2C1. The standard InChI is InChI=1S/C23H21Cl2N3O3/c24-19-5-14(6-20(25)8-19)13-31-23(30)28-11-17-9-27(10-18(17)12-28)22(29)16-1-2-21-15(7-16)3-4-26-21/h1-8,17-18,26H,9-13H2. The van der Waals surface area contributed by atoms with Gasteiger partial charge >= 0.3 is 6.09 Å². The Labute approximate surface area is 189 Å². The van der Waals surface area contributed by atoms with Crippen molar-refractivity contribution in [3.8, 4) is 0 Å². The molecule has 2 fully saturated rings. The largest absolute Gasteiger partial charge is 0.445 e. The lowest BCUT2D eigenvalue weighted by Gasteiger charge is -2.21. The summed E-state index contributed by atoms with van der Waals surface area (Å²) in [5, 5.41) is 2.05. The van der Waals surface area contributed by atoms with Crippen molar-refractivity contribution in [3.63, 3.8) is 0 Å². The molecule has 3 aromatic rings. The molecule has 0 aliphatic carbocycles. The molecule has 0 radical (unpaired) electrons. The summed E-state index contributed by atoms with van der Waals surface area (Å²) >= 11 is 12.0. The van der Waals surface area contributed by atoms with Gasteiger partial charge in [-0.2, -0.15) is 0 Å². The lowest BCUT2D eigenvalue weighted by Crippen LogP contribution is -2.35. The fourth-order valence-electron chi connectivity index (χ4n) is 4.61. The molecular formula is C23H21Cl2N3O3. The van der Waals surface area contributed by atoms with Crippen molar-refractivity contribution in [2.24, 2.45) is 11.8 Å². The van der Waals surface area contributed by atoms with Crippen LogP contribution in [0.1, 0.15) is 15.9 Å². The first-order valence-corrected chi connectivity index (χ1v) is 10.9. The van der Waals surface area contributed by atoms with E-state index in [0.29, 0.717) is 41.8 Å². The van der Waals surface area contributed by atoms with E-state index >= 15 is 0 Å². The Hall–Kier alpha value is -2.70. The Morgan fingerprint density at radius 2 is 1.61 bits per heavy atom. The number of halogens is 2. The minimum absolute atomic E-state index is 0.0458. The zero-order chi connectivity index (χ0) is 21.5. The number of benzene rings is 2. The maximum absolute atomic E-state index is 13.0. The predicted octanol–water partition coefficient (Wildman–Crippen LogP) is 4.82. The van der Waals surface area contributed by atoms with E-state index in [9.17, 15) is 9.59 Å². The van der Waals surface area contributed by atoms with Crippen molar-refractivity contribution in [1.82, 2.24) is 14.8 Å². The van der Waals surface area contributed by atoms with E-state index in [-0.39, 0.29) is 30.4 Å². The van der Waals surface area contributed by atoms with Crippen LogP contribution < -0.4 is 0 Å². The zero-order valence-corrected chi connectivity index (χ0v) is 18.2. The number of hydrogen-bond donors (Lipinski definition) is 1. The van der Waals surface area contributed by atoms with Crippen LogP contribution in [0.15, 0.2) is 48.7 Å². The fraction of sp³-hybridized carbons (Fsp3) is 0.304. The third kappa shape index (κ3) is 4.10. The van der Waals surface area contributed by atoms with E-state index in [1.54, 1.807) is 23.1 Å². The number of aromatic amines is 1. The molecule has 5 rings (SSSR count). The summed E-state index contributed by atoms with van der Waals surface area (Å²) in [6, 6.07) is 12.8. The number of likely N-dealkylation sites (tertiary alicyclic amines) is 2. The van der Waals surface area contributed by atoms with Crippen LogP contribution in [0.2, 0.25) is 10.0 Å².